The summed E-state index contributed by atoms with van der Waals surface area (Å²) in [6.07, 6.45) is 1.81. The minimum atomic E-state index is -1.08. The first-order valence-electron chi connectivity index (χ1n) is 16.3. The monoisotopic (exact) mass is 691 g/mol. The second kappa shape index (κ2) is 21.9. The van der Waals surface area contributed by atoms with Crippen LogP contribution >= 0.6 is 11.8 Å². The molecule has 0 unspecified atom stereocenters. The van der Waals surface area contributed by atoms with Gasteiger partial charge in [-0.1, -0.05) is 91.0 Å². The fourth-order valence-corrected chi connectivity index (χ4v) is 5.47. The lowest BCUT2D eigenvalue weighted by Gasteiger charge is -2.24. The number of benzene rings is 3. The topological polar surface area (TPSA) is 160 Å². The fourth-order valence-electron chi connectivity index (χ4n) is 4.95. The lowest BCUT2D eigenvalue weighted by Crippen LogP contribution is -2.52. The Balaban J connectivity index is 1.64. The minimum Gasteiger partial charge on any atom is -0.481 e. The molecule has 0 radical (unpaired) electrons. The van der Waals surface area contributed by atoms with Gasteiger partial charge in [0.2, 0.25) is 5.91 Å². The third kappa shape index (κ3) is 15.3. The number of Topliss-reactive ketones (excluding diaryl/α,β-unsaturated/α-hetero) is 1. The Bertz CT molecular complexity index is 1460. The van der Waals surface area contributed by atoms with Gasteiger partial charge in [0.15, 0.2) is 5.78 Å². The Morgan fingerprint density at radius 3 is 1.80 bits per heavy atom. The van der Waals surface area contributed by atoms with Crippen molar-refractivity contribution in [1.29, 1.82) is 0 Å². The van der Waals surface area contributed by atoms with Gasteiger partial charge in [-0.15, -0.1) is 0 Å². The number of aliphatic carboxylic acids is 1. The number of alkyl carbamates (subject to hydrolysis) is 2. The number of hydrogen-bond acceptors (Lipinski definition) is 8. The number of ether oxygens (including phenoxy) is 2. The van der Waals surface area contributed by atoms with Gasteiger partial charge in [0, 0.05) is 19.4 Å². The van der Waals surface area contributed by atoms with Crippen LogP contribution in [-0.4, -0.2) is 65.6 Å². The molecular formula is C37H45N3O8S. The van der Waals surface area contributed by atoms with Crippen LogP contribution in [0.4, 0.5) is 9.59 Å². The number of nitrogens with one attached hydrogen (secondary N) is 3. The van der Waals surface area contributed by atoms with Gasteiger partial charge in [-0.3, -0.25) is 14.4 Å². The predicted octanol–water partition coefficient (Wildman–Crippen LogP) is 5.52. The van der Waals surface area contributed by atoms with Gasteiger partial charge in [-0.05, 0) is 54.4 Å². The molecule has 3 amide bonds. The van der Waals surface area contributed by atoms with Crippen LogP contribution in [0.5, 0.6) is 0 Å². The van der Waals surface area contributed by atoms with Crippen molar-refractivity contribution in [2.75, 3.05) is 18.6 Å². The van der Waals surface area contributed by atoms with E-state index >= 15 is 0 Å². The maximum Gasteiger partial charge on any atom is 0.408 e. The van der Waals surface area contributed by atoms with Crippen molar-refractivity contribution in [1.82, 2.24) is 16.0 Å². The predicted molar refractivity (Wildman–Crippen MR) is 188 cm³/mol. The smallest absolute Gasteiger partial charge is 0.408 e. The van der Waals surface area contributed by atoms with Gasteiger partial charge < -0.3 is 30.5 Å². The molecule has 4 N–H and O–H groups in total. The minimum absolute atomic E-state index is 0.00785. The van der Waals surface area contributed by atoms with Crippen LogP contribution in [0.1, 0.15) is 48.8 Å². The summed E-state index contributed by atoms with van der Waals surface area (Å²) in [5.74, 6) is -2.41. The van der Waals surface area contributed by atoms with Crippen LogP contribution in [-0.2, 0) is 43.5 Å². The molecule has 3 rings (SSSR count). The molecule has 0 aliphatic carbocycles. The van der Waals surface area contributed by atoms with Crippen molar-refractivity contribution in [2.24, 2.45) is 5.92 Å². The van der Waals surface area contributed by atoms with Crippen molar-refractivity contribution in [3.8, 4) is 0 Å². The van der Waals surface area contributed by atoms with Gasteiger partial charge >= 0.3 is 18.2 Å². The van der Waals surface area contributed by atoms with Crippen LogP contribution in [0.15, 0.2) is 91.0 Å². The maximum absolute atomic E-state index is 13.7. The molecule has 0 saturated carbocycles. The molecule has 262 valence electrons. The van der Waals surface area contributed by atoms with E-state index in [0.717, 1.165) is 16.7 Å². The number of carbonyl (C=O) groups excluding carboxylic acids is 4. The van der Waals surface area contributed by atoms with Crippen molar-refractivity contribution in [3.63, 3.8) is 0 Å². The van der Waals surface area contributed by atoms with Gasteiger partial charge in [0.1, 0.15) is 19.3 Å². The normalized spacial score (nSPS) is 12.5. The Morgan fingerprint density at radius 2 is 1.24 bits per heavy atom. The first-order chi connectivity index (χ1) is 23.7. The second-order valence-corrected chi connectivity index (χ2v) is 12.5. The highest BCUT2D eigenvalue weighted by Gasteiger charge is 2.30. The van der Waals surface area contributed by atoms with E-state index in [0.29, 0.717) is 25.0 Å². The number of thioether (sulfide) groups is 1. The molecule has 3 aromatic rings. The molecule has 3 aromatic carbocycles. The highest BCUT2D eigenvalue weighted by molar-refractivity contribution is 7.98. The van der Waals surface area contributed by atoms with Gasteiger partial charge in [-0.2, -0.15) is 11.8 Å². The van der Waals surface area contributed by atoms with Crippen LogP contribution in [0.2, 0.25) is 0 Å². The van der Waals surface area contributed by atoms with Crippen LogP contribution in [0.25, 0.3) is 0 Å². The molecule has 0 heterocycles. The Labute approximate surface area is 291 Å². The lowest BCUT2D eigenvalue weighted by atomic mass is 9.93. The third-order valence-electron chi connectivity index (χ3n) is 7.68. The average molecular weight is 692 g/mol. The Morgan fingerprint density at radius 1 is 0.694 bits per heavy atom. The summed E-state index contributed by atoms with van der Waals surface area (Å²) < 4.78 is 10.6. The Kier molecular flexibility index (Phi) is 17.3. The van der Waals surface area contributed by atoms with Crippen molar-refractivity contribution in [3.05, 3.63) is 108 Å². The number of amides is 3. The zero-order chi connectivity index (χ0) is 35.3. The molecule has 3 atom stereocenters. The quantitative estimate of drug-likeness (QED) is 0.106. The molecule has 12 heteroatoms. The second-order valence-electron chi connectivity index (χ2n) is 11.5. The summed E-state index contributed by atoms with van der Waals surface area (Å²) in [4.78, 5) is 64.1. The number of unbranched alkanes of at least 4 members (excludes halogenated alkanes) is 1. The first kappa shape index (κ1) is 38.6. The average Bonchev–Trinajstić information content (AvgIpc) is 3.11. The molecule has 11 nitrogen and oxygen atoms in total. The number of carbonyl (C=O) groups is 5. The zero-order valence-electron chi connectivity index (χ0n) is 27.7. The van der Waals surface area contributed by atoms with E-state index in [1.54, 1.807) is 0 Å². The molecular weight excluding hydrogens is 646 g/mol. The van der Waals surface area contributed by atoms with Crippen molar-refractivity contribution in [2.45, 2.75) is 63.8 Å². The van der Waals surface area contributed by atoms with E-state index in [2.05, 4.69) is 16.0 Å². The van der Waals surface area contributed by atoms with Gasteiger partial charge in [-0.25, -0.2) is 9.59 Å². The highest BCUT2D eigenvalue weighted by atomic mass is 32.2. The number of ketones is 1. The van der Waals surface area contributed by atoms with E-state index in [1.165, 1.54) is 11.8 Å². The van der Waals surface area contributed by atoms with Crippen molar-refractivity contribution < 1.29 is 38.6 Å². The standard InChI is InChI=1S/C37H45N3O8S/c1-49-22-20-30(35(43)44)24-33(41)31(19-11-12-21-38-36(45)47-25-28-15-7-3-8-16-28)39-34(42)32(23-27-13-5-2-6-14-27)40-37(46)48-26-29-17-9-4-10-18-29/h2-10,13-18,30-32H,11-12,19-26H2,1H3,(H,38,45)(H,39,42)(H,40,46)(H,43,44)/t30-,31+,32+/m1/s1. The molecule has 0 aliphatic rings. The molecule has 0 saturated heterocycles. The van der Waals surface area contributed by atoms with Crippen molar-refractivity contribution >= 4 is 41.6 Å². The highest BCUT2D eigenvalue weighted by Crippen LogP contribution is 2.17. The van der Waals surface area contributed by atoms with E-state index in [1.807, 2.05) is 97.3 Å². The summed E-state index contributed by atoms with van der Waals surface area (Å²) in [5.41, 5.74) is 2.42. The lowest BCUT2D eigenvalue weighted by molar-refractivity contribution is -0.144. The van der Waals surface area contributed by atoms with Gasteiger partial charge in [0.25, 0.3) is 0 Å². The summed E-state index contributed by atoms with van der Waals surface area (Å²) in [7, 11) is 0. The molecule has 49 heavy (non-hydrogen) atoms. The van der Waals surface area contributed by atoms with E-state index in [9.17, 15) is 29.1 Å². The van der Waals surface area contributed by atoms with E-state index in [-0.39, 0.29) is 39.0 Å². The summed E-state index contributed by atoms with van der Waals surface area (Å²) in [5, 5.41) is 17.9. The maximum atomic E-state index is 13.7. The van der Waals surface area contributed by atoms with E-state index in [4.69, 9.17) is 9.47 Å². The molecule has 0 fully saturated rings. The van der Waals surface area contributed by atoms with Crippen LogP contribution in [0, 0.1) is 5.92 Å². The molecule has 0 spiro atoms. The number of hydrogen-bond donors (Lipinski definition) is 4. The SMILES string of the molecule is CSCC[C@H](CC(=O)[C@H](CCCCNC(=O)OCc1ccccc1)NC(=O)[C@H](Cc1ccccc1)NC(=O)OCc1ccccc1)C(=O)O. The van der Waals surface area contributed by atoms with Crippen LogP contribution in [0.3, 0.4) is 0 Å². The summed E-state index contributed by atoms with van der Waals surface area (Å²) in [6.45, 7) is 0.419. The molecule has 0 bridgehead atoms. The van der Waals surface area contributed by atoms with Gasteiger partial charge in [0.05, 0.1) is 12.0 Å². The molecule has 0 aromatic heterocycles. The number of carboxylic acids is 1. The molecule has 0 aliphatic heterocycles. The first-order valence-corrected chi connectivity index (χ1v) is 17.6. The number of rotatable bonds is 21. The summed E-state index contributed by atoms with van der Waals surface area (Å²) >= 11 is 1.49. The zero-order valence-corrected chi connectivity index (χ0v) is 28.5. The number of carboxylic acid groups (broad SMARTS) is 1. The van der Waals surface area contributed by atoms with Crippen LogP contribution < -0.4 is 16.0 Å². The largest absolute Gasteiger partial charge is 0.481 e. The summed E-state index contributed by atoms with van der Waals surface area (Å²) in [6, 6.07) is 25.4. The Hall–Kier alpha value is -4.84. The third-order valence-corrected chi connectivity index (χ3v) is 8.32. The van der Waals surface area contributed by atoms with E-state index < -0.39 is 47.8 Å². The fraction of sp³-hybridized carbons (Fsp3) is 0.378.